The summed E-state index contributed by atoms with van der Waals surface area (Å²) >= 11 is 0. The SMILES string of the molecule is COCC(C)(C)NC1=NCCCN1. The minimum absolute atomic E-state index is 0.0576. The van der Waals surface area contributed by atoms with Gasteiger partial charge in [-0.3, -0.25) is 4.99 Å². The summed E-state index contributed by atoms with van der Waals surface area (Å²) in [5.41, 5.74) is -0.0576. The van der Waals surface area contributed by atoms with Gasteiger partial charge < -0.3 is 15.4 Å². The van der Waals surface area contributed by atoms with Gasteiger partial charge in [0.2, 0.25) is 0 Å². The Bertz CT molecular complexity index is 189. The summed E-state index contributed by atoms with van der Waals surface area (Å²) in [7, 11) is 1.71. The average Bonchev–Trinajstić information content (AvgIpc) is 2.04. The summed E-state index contributed by atoms with van der Waals surface area (Å²) in [5, 5.41) is 6.53. The maximum absolute atomic E-state index is 5.10. The summed E-state index contributed by atoms with van der Waals surface area (Å²) in [6.45, 7) is 6.78. The number of ether oxygens (including phenoxy) is 1. The van der Waals surface area contributed by atoms with E-state index in [-0.39, 0.29) is 5.54 Å². The van der Waals surface area contributed by atoms with Gasteiger partial charge in [0.15, 0.2) is 5.96 Å². The van der Waals surface area contributed by atoms with Crippen LogP contribution in [0.3, 0.4) is 0 Å². The molecule has 0 atom stereocenters. The molecule has 0 unspecified atom stereocenters. The lowest BCUT2D eigenvalue weighted by molar-refractivity contribution is 0.139. The predicted molar refractivity (Wildman–Crippen MR) is 54.0 cm³/mol. The first-order valence-electron chi connectivity index (χ1n) is 4.69. The Hall–Kier alpha value is -0.770. The van der Waals surface area contributed by atoms with Gasteiger partial charge in [0.05, 0.1) is 12.1 Å². The standard InChI is InChI=1S/C9H19N3O/c1-9(2,7-13-3)12-8-10-5-4-6-11-8/h4-7H2,1-3H3,(H2,10,11,12). The molecule has 2 N–H and O–H groups in total. The van der Waals surface area contributed by atoms with Gasteiger partial charge in [-0.15, -0.1) is 0 Å². The lowest BCUT2D eigenvalue weighted by Crippen LogP contribution is -2.53. The first kappa shape index (κ1) is 10.3. The van der Waals surface area contributed by atoms with Gasteiger partial charge in [0, 0.05) is 20.2 Å². The van der Waals surface area contributed by atoms with Crippen LogP contribution in [0.1, 0.15) is 20.3 Å². The second-order valence-electron chi connectivity index (χ2n) is 3.95. The summed E-state index contributed by atoms with van der Waals surface area (Å²) in [6, 6.07) is 0. The van der Waals surface area contributed by atoms with Crippen LogP contribution in [0.2, 0.25) is 0 Å². The fourth-order valence-corrected chi connectivity index (χ4v) is 1.33. The van der Waals surface area contributed by atoms with Crippen LogP contribution in [-0.4, -0.2) is 38.3 Å². The molecule has 0 spiro atoms. The van der Waals surface area contributed by atoms with Crippen molar-refractivity contribution in [1.82, 2.24) is 10.6 Å². The summed E-state index contributed by atoms with van der Waals surface area (Å²) in [4.78, 5) is 4.34. The number of methoxy groups -OCH3 is 1. The minimum Gasteiger partial charge on any atom is -0.382 e. The van der Waals surface area contributed by atoms with Gasteiger partial charge in [0.1, 0.15) is 0 Å². The number of nitrogens with one attached hydrogen (secondary N) is 2. The molecule has 0 aromatic carbocycles. The number of rotatable bonds is 3. The summed E-state index contributed by atoms with van der Waals surface area (Å²) < 4.78 is 5.10. The smallest absolute Gasteiger partial charge is 0.191 e. The monoisotopic (exact) mass is 185 g/mol. The summed E-state index contributed by atoms with van der Waals surface area (Å²) in [5.74, 6) is 0.897. The Morgan fingerprint density at radius 2 is 2.38 bits per heavy atom. The lowest BCUT2D eigenvalue weighted by Gasteiger charge is -2.28. The Morgan fingerprint density at radius 3 is 2.92 bits per heavy atom. The third-order valence-electron chi connectivity index (χ3n) is 1.86. The molecule has 1 rings (SSSR count). The van der Waals surface area contributed by atoms with Gasteiger partial charge >= 0.3 is 0 Å². The van der Waals surface area contributed by atoms with Crippen molar-refractivity contribution in [2.75, 3.05) is 26.8 Å². The topological polar surface area (TPSA) is 45.6 Å². The lowest BCUT2D eigenvalue weighted by atomic mass is 10.1. The van der Waals surface area contributed by atoms with Crippen molar-refractivity contribution in [3.05, 3.63) is 0 Å². The molecular formula is C9H19N3O. The number of nitrogens with zero attached hydrogens (tertiary/aromatic N) is 1. The largest absolute Gasteiger partial charge is 0.382 e. The molecule has 0 aliphatic carbocycles. The van der Waals surface area contributed by atoms with E-state index < -0.39 is 0 Å². The second-order valence-corrected chi connectivity index (χ2v) is 3.95. The zero-order valence-electron chi connectivity index (χ0n) is 8.68. The van der Waals surface area contributed by atoms with Crippen molar-refractivity contribution in [1.29, 1.82) is 0 Å². The van der Waals surface area contributed by atoms with Crippen LogP contribution in [0.25, 0.3) is 0 Å². The van der Waals surface area contributed by atoms with E-state index in [1.807, 2.05) is 0 Å². The summed E-state index contributed by atoms with van der Waals surface area (Å²) in [6.07, 6.45) is 1.12. The van der Waals surface area contributed by atoms with E-state index in [4.69, 9.17) is 4.74 Å². The van der Waals surface area contributed by atoms with Crippen molar-refractivity contribution in [2.45, 2.75) is 25.8 Å². The van der Waals surface area contributed by atoms with E-state index in [2.05, 4.69) is 29.5 Å². The van der Waals surface area contributed by atoms with Crippen LogP contribution in [-0.2, 0) is 4.74 Å². The van der Waals surface area contributed by atoms with Crippen LogP contribution in [0, 0.1) is 0 Å². The van der Waals surface area contributed by atoms with Gasteiger partial charge in [-0.2, -0.15) is 0 Å². The maximum Gasteiger partial charge on any atom is 0.191 e. The zero-order chi connectivity index (χ0) is 9.73. The van der Waals surface area contributed by atoms with E-state index in [9.17, 15) is 0 Å². The maximum atomic E-state index is 5.10. The molecule has 0 amide bonds. The number of aliphatic imine (C=N–C) groups is 1. The predicted octanol–water partition coefficient (Wildman–Crippen LogP) is 0.350. The van der Waals surface area contributed by atoms with Crippen molar-refractivity contribution in [3.8, 4) is 0 Å². The molecule has 1 aliphatic rings. The highest BCUT2D eigenvalue weighted by atomic mass is 16.5. The van der Waals surface area contributed by atoms with E-state index in [1.165, 1.54) is 0 Å². The zero-order valence-corrected chi connectivity index (χ0v) is 8.68. The molecule has 1 aliphatic heterocycles. The van der Waals surface area contributed by atoms with E-state index >= 15 is 0 Å². The third-order valence-corrected chi connectivity index (χ3v) is 1.86. The molecule has 4 heteroatoms. The average molecular weight is 185 g/mol. The third kappa shape index (κ3) is 3.63. The minimum atomic E-state index is -0.0576. The molecule has 0 bridgehead atoms. The molecule has 0 saturated carbocycles. The van der Waals surface area contributed by atoms with Gasteiger partial charge in [-0.05, 0) is 20.3 Å². The van der Waals surface area contributed by atoms with Gasteiger partial charge in [-0.1, -0.05) is 0 Å². The van der Waals surface area contributed by atoms with Crippen LogP contribution >= 0.6 is 0 Å². The van der Waals surface area contributed by atoms with E-state index in [0.717, 1.165) is 25.5 Å². The fraction of sp³-hybridized carbons (Fsp3) is 0.889. The Balaban J connectivity index is 2.41. The first-order valence-corrected chi connectivity index (χ1v) is 4.69. The van der Waals surface area contributed by atoms with E-state index in [0.29, 0.717) is 6.61 Å². The molecular weight excluding hydrogens is 166 g/mol. The van der Waals surface area contributed by atoms with Crippen molar-refractivity contribution < 1.29 is 4.74 Å². The molecule has 0 aromatic heterocycles. The van der Waals surface area contributed by atoms with Crippen LogP contribution in [0.15, 0.2) is 4.99 Å². The van der Waals surface area contributed by atoms with Gasteiger partial charge in [0.25, 0.3) is 0 Å². The Kier molecular flexibility index (Phi) is 3.54. The highest BCUT2D eigenvalue weighted by Crippen LogP contribution is 2.02. The van der Waals surface area contributed by atoms with Crippen LogP contribution in [0.5, 0.6) is 0 Å². The van der Waals surface area contributed by atoms with Crippen LogP contribution < -0.4 is 10.6 Å². The molecule has 1 heterocycles. The second kappa shape index (κ2) is 4.46. The number of hydrogen-bond donors (Lipinski definition) is 2. The molecule has 4 nitrogen and oxygen atoms in total. The molecule has 13 heavy (non-hydrogen) atoms. The molecule has 0 saturated heterocycles. The molecule has 0 fully saturated rings. The normalized spacial score (nSPS) is 17.6. The van der Waals surface area contributed by atoms with Gasteiger partial charge in [-0.25, -0.2) is 0 Å². The quantitative estimate of drug-likeness (QED) is 0.667. The van der Waals surface area contributed by atoms with E-state index in [1.54, 1.807) is 7.11 Å². The number of guanidine groups is 1. The highest BCUT2D eigenvalue weighted by molar-refractivity contribution is 5.80. The number of hydrogen-bond acceptors (Lipinski definition) is 4. The molecule has 76 valence electrons. The fourth-order valence-electron chi connectivity index (χ4n) is 1.33. The van der Waals surface area contributed by atoms with Crippen molar-refractivity contribution >= 4 is 5.96 Å². The van der Waals surface area contributed by atoms with Crippen molar-refractivity contribution in [2.24, 2.45) is 4.99 Å². The first-order chi connectivity index (χ1) is 6.14. The van der Waals surface area contributed by atoms with Crippen molar-refractivity contribution in [3.63, 3.8) is 0 Å². The Labute approximate surface area is 79.8 Å². The molecule has 0 radical (unpaired) electrons. The highest BCUT2D eigenvalue weighted by Gasteiger charge is 2.19. The molecule has 0 aromatic rings. The van der Waals surface area contributed by atoms with Crippen LogP contribution in [0.4, 0.5) is 0 Å². The Morgan fingerprint density at radius 1 is 1.62 bits per heavy atom.